The Hall–Kier alpha value is -1.24. The van der Waals surface area contributed by atoms with Crippen molar-refractivity contribution in [3.05, 3.63) is 35.0 Å². The van der Waals surface area contributed by atoms with E-state index < -0.39 is 0 Å². The van der Waals surface area contributed by atoms with Gasteiger partial charge in [-0.3, -0.25) is 0 Å². The van der Waals surface area contributed by atoms with Crippen LogP contribution in [0.2, 0.25) is 0 Å². The maximum atomic E-state index is 3.89. The van der Waals surface area contributed by atoms with E-state index in [2.05, 4.69) is 71.6 Å². The fraction of sp³-hybridized carbons (Fsp3) is 0.778. The van der Waals surface area contributed by atoms with Crippen LogP contribution in [-0.2, 0) is 12.8 Å². The molecule has 1 heterocycles. The molecule has 3 saturated carbocycles. The molecule has 3 fully saturated rings. The summed E-state index contributed by atoms with van der Waals surface area (Å²) in [5.74, 6) is 7.11. The van der Waals surface area contributed by atoms with Crippen molar-refractivity contribution in [2.75, 3.05) is 0 Å². The maximum Gasteiger partial charge on any atom is 0.0459 e. The summed E-state index contributed by atoms with van der Waals surface area (Å²) in [4.78, 5) is 3.89. The van der Waals surface area contributed by atoms with Gasteiger partial charge in [0, 0.05) is 16.6 Å². The molecule has 0 spiro atoms. The number of aromatic amines is 1. The molecular weight excluding hydrogens is 446 g/mol. The molecule has 4 aliphatic carbocycles. The number of hydrogen-bond acceptors (Lipinski definition) is 0. The van der Waals surface area contributed by atoms with Gasteiger partial charge in [0.1, 0.15) is 0 Å². The molecule has 0 bridgehead atoms. The first-order chi connectivity index (χ1) is 17.6. The summed E-state index contributed by atoms with van der Waals surface area (Å²) in [6, 6.07) is 7.24. The highest BCUT2D eigenvalue weighted by atomic mass is 14.8. The number of rotatable bonds is 6. The lowest BCUT2D eigenvalue weighted by atomic mass is 9.44. The number of aromatic nitrogens is 1. The molecule has 1 N–H and O–H groups in total. The van der Waals surface area contributed by atoms with Crippen LogP contribution >= 0.6 is 0 Å². The Morgan fingerprint density at radius 1 is 0.892 bits per heavy atom. The summed E-state index contributed by atoms with van der Waals surface area (Å²) in [5, 5.41) is 1.54. The average Bonchev–Trinajstić information content (AvgIpc) is 3.38. The SMILES string of the molecule is CC(C)CCC[C@@H](C)[C@H]1CC[C@H]2[C@H]3CC[C@H]4Cc5[nH]c6ccc(C(C)C)cc6c5C[C@]4(C)[C@@H]3CC[C@]12C. The van der Waals surface area contributed by atoms with E-state index in [9.17, 15) is 0 Å². The van der Waals surface area contributed by atoms with Crippen LogP contribution in [0.25, 0.3) is 10.9 Å². The van der Waals surface area contributed by atoms with Gasteiger partial charge in [-0.2, -0.15) is 0 Å². The van der Waals surface area contributed by atoms with Crippen molar-refractivity contribution in [2.45, 2.75) is 125 Å². The quantitative estimate of drug-likeness (QED) is 0.405. The van der Waals surface area contributed by atoms with E-state index in [1.807, 2.05) is 0 Å². The molecule has 204 valence electrons. The zero-order chi connectivity index (χ0) is 26.1. The highest BCUT2D eigenvalue weighted by Crippen LogP contribution is 2.68. The van der Waals surface area contributed by atoms with Gasteiger partial charge in [-0.05, 0) is 133 Å². The van der Waals surface area contributed by atoms with Gasteiger partial charge < -0.3 is 4.98 Å². The molecule has 1 heteroatoms. The summed E-state index contributed by atoms with van der Waals surface area (Å²) in [7, 11) is 0. The van der Waals surface area contributed by atoms with Crippen LogP contribution in [0.3, 0.4) is 0 Å². The van der Waals surface area contributed by atoms with Crippen LogP contribution in [0, 0.1) is 52.3 Å². The summed E-state index contributed by atoms with van der Waals surface area (Å²) in [5.41, 5.74) is 7.24. The summed E-state index contributed by atoms with van der Waals surface area (Å²) in [6.07, 6.45) is 15.9. The van der Waals surface area contributed by atoms with E-state index in [-0.39, 0.29) is 0 Å². The number of H-pyrrole nitrogens is 1. The normalized spacial score (nSPS) is 37.9. The predicted octanol–water partition coefficient (Wildman–Crippen LogP) is 10.3. The molecule has 6 rings (SSSR count). The molecule has 0 amide bonds. The fourth-order valence-corrected chi connectivity index (χ4v) is 10.9. The number of benzene rings is 1. The molecule has 8 atom stereocenters. The van der Waals surface area contributed by atoms with E-state index in [1.54, 1.807) is 16.6 Å². The Morgan fingerprint density at radius 2 is 1.68 bits per heavy atom. The van der Waals surface area contributed by atoms with Gasteiger partial charge in [0.15, 0.2) is 0 Å². The van der Waals surface area contributed by atoms with Crippen LogP contribution in [0.15, 0.2) is 18.2 Å². The number of fused-ring (bicyclic) bond motifs is 8. The van der Waals surface area contributed by atoms with Crippen molar-refractivity contribution in [3.8, 4) is 0 Å². The van der Waals surface area contributed by atoms with E-state index in [0.29, 0.717) is 16.7 Å². The van der Waals surface area contributed by atoms with Crippen molar-refractivity contribution in [1.82, 2.24) is 4.98 Å². The molecule has 0 aliphatic heterocycles. The zero-order valence-corrected chi connectivity index (χ0v) is 25.1. The van der Waals surface area contributed by atoms with Crippen LogP contribution in [0.4, 0.5) is 0 Å². The third kappa shape index (κ3) is 4.15. The van der Waals surface area contributed by atoms with E-state index in [1.165, 1.54) is 81.7 Å². The summed E-state index contributed by atoms with van der Waals surface area (Å²) < 4.78 is 0. The number of nitrogens with one attached hydrogen (secondary N) is 1. The minimum atomic E-state index is 0.487. The molecule has 2 aromatic rings. The molecular formula is C36H55N. The van der Waals surface area contributed by atoms with E-state index in [4.69, 9.17) is 0 Å². The topological polar surface area (TPSA) is 15.8 Å². The molecule has 0 saturated heterocycles. The van der Waals surface area contributed by atoms with Crippen LogP contribution in [-0.4, -0.2) is 4.98 Å². The smallest absolute Gasteiger partial charge is 0.0459 e. The summed E-state index contributed by atoms with van der Waals surface area (Å²) in [6.45, 7) is 17.6. The van der Waals surface area contributed by atoms with Crippen molar-refractivity contribution in [2.24, 2.45) is 52.3 Å². The van der Waals surface area contributed by atoms with Gasteiger partial charge in [-0.25, -0.2) is 0 Å². The highest BCUT2D eigenvalue weighted by molar-refractivity contribution is 5.86. The minimum absolute atomic E-state index is 0.487. The first kappa shape index (κ1) is 26.0. The minimum Gasteiger partial charge on any atom is -0.358 e. The Bertz CT molecular complexity index is 1120. The standard InChI is InChI=1S/C36H55N/c1-22(2)9-8-10-24(5)30-14-15-31-27-13-12-26-20-34-29(21-36(26,7)32(27)17-18-35(30,31)6)28-19-25(23(3)4)11-16-33(28)37-34/h11,16,19,22-24,26-27,30-32,37H,8-10,12-15,17-18,20-21H2,1-7H3/t24-,26+,27-,30-,31+,32-,35-,36+/m1/s1. The van der Waals surface area contributed by atoms with Crippen molar-refractivity contribution in [1.29, 1.82) is 0 Å². The van der Waals surface area contributed by atoms with Gasteiger partial charge in [-0.1, -0.05) is 73.8 Å². The van der Waals surface area contributed by atoms with Gasteiger partial charge in [0.25, 0.3) is 0 Å². The van der Waals surface area contributed by atoms with E-state index in [0.717, 1.165) is 41.4 Å². The van der Waals surface area contributed by atoms with Crippen molar-refractivity contribution >= 4 is 10.9 Å². The van der Waals surface area contributed by atoms with Gasteiger partial charge in [0.2, 0.25) is 0 Å². The third-order valence-electron chi connectivity index (χ3n) is 13.0. The lowest BCUT2D eigenvalue weighted by Gasteiger charge is -2.60. The fourth-order valence-electron chi connectivity index (χ4n) is 10.9. The second kappa shape index (κ2) is 9.45. The Kier molecular flexibility index (Phi) is 6.64. The Morgan fingerprint density at radius 3 is 2.43 bits per heavy atom. The molecule has 4 aliphatic rings. The van der Waals surface area contributed by atoms with Gasteiger partial charge in [-0.15, -0.1) is 0 Å². The Balaban J connectivity index is 1.25. The van der Waals surface area contributed by atoms with Gasteiger partial charge in [0.05, 0.1) is 0 Å². The van der Waals surface area contributed by atoms with Gasteiger partial charge >= 0.3 is 0 Å². The summed E-state index contributed by atoms with van der Waals surface area (Å²) >= 11 is 0. The highest BCUT2D eigenvalue weighted by Gasteiger charge is 2.60. The van der Waals surface area contributed by atoms with Crippen LogP contribution in [0.1, 0.15) is 129 Å². The van der Waals surface area contributed by atoms with E-state index >= 15 is 0 Å². The number of hydrogen-bond donors (Lipinski definition) is 1. The van der Waals surface area contributed by atoms with Crippen molar-refractivity contribution in [3.63, 3.8) is 0 Å². The first-order valence-electron chi connectivity index (χ1n) is 16.2. The Labute approximate surface area is 228 Å². The first-order valence-corrected chi connectivity index (χ1v) is 16.2. The maximum absolute atomic E-state index is 3.89. The molecule has 0 unspecified atom stereocenters. The lowest BCUT2D eigenvalue weighted by Crippen LogP contribution is -2.54. The lowest BCUT2D eigenvalue weighted by molar-refractivity contribution is -0.103. The monoisotopic (exact) mass is 501 g/mol. The van der Waals surface area contributed by atoms with Crippen LogP contribution < -0.4 is 0 Å². The molecule has 1 aromatic carbocycles. The molecule has 37 heavy (non-hydrogen) atoms. The largest absolute Gasteiger partial charge is 0.358 e. The second-order valence-electron chi connectivity index (χ2n) is 15.6. The molecule has 0 radical (unpaired) electrons. The molecule has 1 nitrogen and oxygen atoms in total. The molecule has 1 aromatic heterocycles. The third-order valence-corrected chi connectivity index (χ3v) is 13.0. The van der Waals surface area contributed by atoms with Crippen LogP contribution in [0.5, 0.6) is 0 Å². The van der Waals surface area contributed by atoms with Crippen molar-refractivity contribution < 1.29 is 0 Å². The zero-order valence-electron chi connectivity index (χ0n) is 25.1. The second-order valence-corrected chi connectivity index (χ2v) is 15.6. The predicted molar refractivity (Wildman–Crippen MR) is 159 cm³/mol. The average molecular weight is 502 g/mol.